The van der Waals surface area contributed by atoms with Crippen molar-refractivity contribution < 1.29 is 4.79 Å². The Morgan fingerprint density at radius 1 is 0.976 bits per heavy atom. The molecule has 4 rings (SSSR count). The second-order valence-electron chi connectivity index (χ2n) is 12.3. The van der Waals surface area contributed by atoms with Crippen molar-refractivity contribution in [2.45, 2.75) is 77.8 Å². The van der Waals surface area contributed by atoms with Crippen LogP contribution in [-0.2, 0) is 17.0 Å². The number of benzene rings is 3. The summed E-state index contributed by atoms with van der Waals surface area (Å²) >= 11 is 8.13. The number of aryl methyl sites for hydroxylation is 2. The monoisotopic (exact) mass is 588 g/mol. The minimum Gasteiger partial charge on any atom is -0.346 e. The molecule has 41 heavy (non-hydrogen) atoms. The maximum absolute atomic E-state index is 13.4. The summed E-state index contributed by atoms with van der Waals surface area (Å²) in [6.45, 7) is 12.9. The van der Waals surface area contributed by atoms with E-state index in [0.29, 0.717) is 23.7 Å². The van der Waals surface area contributed by atoms with Gasteiger partial charge in [-0.3, -0.25) is 9.36 Å². The number of carbonyl (C=O) groups is 1. The van der Waals surface area contributed by atoms with E-state index in [1.165, 1.54) is 11.1 Å². The first-order valence-corrected chi connectivity index (χ1v) is 15.6. The van der Waals surface area contributed by atoms with E-state index in [0.717, 1.165) is 34.1 Å². The zero-order chi connectivity index (χ0) is 29.6. The van der Waals surface area contributed by atoms with Gasteiger partial charge < -0.3 is 5.32 Å². The number of halogens is 1. The molecule has 7 heteroatoms. The number of nitrogens with one attached hydrogen (secondary N) is 1. The van der Waals surface area contributed by atoms with Crippen molar-refractivity contribution in [1.82, 2.24) is 20.1 Å². The molecule has 216 valence electrons. The number of carbonyl (C=O) groups excluding carboxylic acids is 1. The van der Waals surface area contributed by atoms with E-state index in [-0.39, 0.29) is 23.3 Å². The highest BCUT2D eigenvalue weighted by molar-refractivity contribution is 7.98. The molecular formula is C34H41ClN4OS. The second-order valence-corrected chi connectivity index (χ2v) is 13.6. The van der Waals surface area contributed by atoms with Gasteiger partial charge in [-0.25, -0.2) is 0 Å². The molecule has 4 aromatic rings. The van der Waals surface area contributed by atoms with Crippen LogP contribution in [0.2, 0.25) is 5.02 Å². The van der Waals surface area contributed by atoms with Gasteiger partial charge in [0.05, 0.1) is 11.7 Å². The van der Waals surface area contributed by atoms with Crippen LogP contribution in [-0.4, -0.2) is 20.7 Å². The summed E-state index contributed by atoms with van der Waals surface area (Å²) in [6, 6.07) is 24.2. The average Bonchev–Trinajstić information content (AvgIpc) is 3.31. The zero-order valence-electron chi connectivity index (χ0n) is 24.9. The smallest absolute Gasteiger partial charge is 0.220 e. The Bertz CT molecular complexity index is 1460. The number of nitrogens with zero attached hydrogens (tertiary/aromatic N) is 3. The first-order valence-electron chi connectivity index (χ1n) is 14.2. The van der Waals surface area contributed by atoms with Crippen molar-refractivity contribution in [2.75, 3.05) is 0 Å². The Kier molecular flexibility index (Phi) is 10.3. The molecular weight excluding hydrogens is 548 g/mol. The quantitative estimate of drug-likeness (QED) is 0.178. The van der Waals surface area contributed by atoms with Gasteiger partial charge in [-0.2, -0.15) is 0 Å². The lowest BCUT2D eigenvalue weighted by Gasteiger charge is -2.25. The largest absolute Gasteiger partial charge is 0.346 e. The van der Waals surface area contributed by atoms with Crippen molar-refractivity contribution in [3.8, 4) is 5.69 Å². The molecule has 0 aliphatic heterocycles. The third kappa shape index (κ3) is 8.95. The van der Waals surface area contributed by atoms with Crippen molar-refractivity contribution in [1.29, 1.82) is 0 Å². The maximum Gasteiger partial charge on any atom is 0.220 e. The Morgan fingerprint density at radius 3 is 2.41 bits per heavy atom. The molecule has 5 nitrogen and oxygen atoms in total. The molecule has 0 saturated carbocycles. The SMILES string of the molecule is Cc1cccc(CSc2nnc(C(Cc3ccccc3)NC(=O)CC(C)CC(C)(C)C)n2-c2cc(Cl)ccc2C)c1. The van der Waals surface area contributed by atoms with E-state index in [4.69, 9.17) is 16.7 Å². The molecule has 0 radical (unpaired) electrons. The van der Waals surface area contributed by atoms with Gasteiger partial charge in [-0.1, -0.05) is 117 Å². The lowest BCUT2D eigenvalue weighted by Crippen LogP contribution is -2.33. The van der Waals surface area contributed by atoms with E-state index >= 15 is 0 Å². The lowest BCUT2D eigenvalue weighted by atomic mass is 9.84. The molecule has 0 aliphatic rings. The fraction of sp³-hybridized carbons (Fsp3) is 0.382. The minimum absolute atomic E-state index is 0.0222. The lowest BCUT2D eigenvalue weighted by molar-refractivity contribution is -0.122. The van der Waals surface area contributed by atoms with E-state index in [9.17, 15) is 4.79 Å². The molecule has 0 spiro atoms. The number of rotatable bonds is 11. The van der Waals surface area contributed by atoms with Gasteiger partial charge in [-0.15, -0.1) is 10.2 Å². The minimum atomic E-state index is -0.370. The van der Waals surface area contributed by atoms with Crippen LogP contribution in [0.25, 0.3) is 5.69 Å². The second kappa shape index (κ2) is 13.7. The first kappa shape index (κ1) is 30.9. The summed E-state index contributed by atoms with van der Waals surface area (Å²) in [7, 11) is 0. The van der Waals surface area contributed by atoms with Crippen LogP contribution in [0.5, 0.6) is 0 Å². The Balaban J connectivity index is 1.72. The third-order valence-electron chi connectivity index (χ3n) is 6.95. The van der Waals surface area contributed by atoms with Gasteiger partial charge in [-0.05, 0) is 66.8 Å². The summed E-state index contributed by atoms with van der Waals surface area (Å²) in [5.41, 5.74) is 5.69. The fourth-order valence-corrected chi connectivity index (χ4v) is 6.41. The Hall–Kier alpha value is -3.09. The maximum atomic E-state index is 13.4. The third-order valence-corrected chi connectivity index (χ3v) is 8.18. The normalized spacial score (nSPS) is 13.1. The standard InChI is InChI=1S/C34H41ClN4OS/c1-23-11-10-14-27(17-23)22-41-33-38-37-32(39(33)30-20-28(35)16-15-25(30)3)29(19-26-12-8-7-9-13-26)36-31(40)18-24(2)21-34(4,5)6/h7-17,20,24,29H,18-19,21-22H2,1-6H3,(H,36,40). The molecule has 2 atom stereocenters. The number of hydrogen-bond acceptors (Lipinski definition) is 4. The summed E-state index contributed by atoms with van der Waals surface area (Å²) in [5.74, 6) is 1.73. The van der Waals surface area contributed by atoms with Gasteiger partial charge in [0, 0.05) is 17.2 Å². The van der Waals surface area contributed by atoms with E-state index in [1.54, 1.807) is 11.8 Å². The summed E-state index contributed by atoms with van der Waals surface area (Å²) in [4.78, 5) is 13.4. The average molecular weight is 589 g/mol. The van der Waals surface area contributed by atoms with E-state index in [1.807, 2.05) is 36.4 Å². The number of amides is 1. The molecule has 3 aromatic carbocycles. The molecule has 0 fully saturated rings. The van der Waals surface area contributed by atoms with Crippen LogP contribution < -0.4 is 5.32 Å². The van der Waals surface area contributed by atoms with Crippen molar-refractivity contribution in [3.05, 3.63) is 106 Å². The molecule has 0 saturated heterocycles. The Labute approximate surface area is 254 Å². The van der Waals surface area contributed by atoms with Gasteiger partial charge in [0.1, 0.15) is 0 Å². The molecule has 1 amide bonds. The van der Waals surface area contributed by atoms with Crippen LogP contribution in [0.1, 0.15) is 74.7 Å². The van der Waals surface area contributed by atoms with Gasteiger partial charge in [0.15, 0.2) is 11.0 Å². The van der Waals surface area contributed by atoms with Crippen LogP contribution in [0.4, 0.5) is 0 Å². The van der Waals surface area contributed by atoms with Crippen molar-refractivity contribution in [2.24, 2.45) is 11.3 Å². The predicted molar refractivity (Wildman–Crippen MR) is 171 cm³/mol. The van der Waals surface area contributed by atoms with Gasteiger partial charge in [0.2, 0.25) is 5.91 Å². The van der Waals surface area contributed by atoms with E-state index in [2.05, 4.69) is 92.9 Å². The topological polar surface area (TPSA) is 59.8 Å². The van der Waals surface area contributed by atoms with Crippen LogP contribution >= 0.6 is 23.4 Å². The molecule has 1 N–H and O–H groups in total. The highest BCUT2D eigenvalue weighted by Crippen LogP contribution is 2.32. The summed E-state index contributed by atoms with van der Waals surface area (Å²) in [5, 5.41) is 14.1. The van der Waals surface area contributed by atoms with Crippen molar-refractivity contribution >= 4 is 29.3 Å². The predicted octanol–water partition coefficient (Wildman–Crippen LogP) is 8.69. The summed E-state index contributed by atoms with van der Waals surface area (Å²) in [6.07, 6.45) is 2.03. The molecule has 2 unspecified atom stereocenters. The number of aromatic nitrogens is 3. The highest BCUT2D eigenvalue weighted by Gasteiger charge is 2.27. The molecule has 1 aromatic heterocycles. The number of thioether (sulfide) groups is 1. The van der Waals surface area contributed by atoms with Crippen molar-refractivity contribution in [3.63, 3.8) is 0 Å². The van der Waals surface area contributed by atoms with E-state index < -0.39 is 0 Å². The van der Waals surface area contributed by atoms with Crippen LogP contribution in [0.3, 0.4) is 0 Å². The first-order chi connectivity index (χ1) is 19.5. The van der Waals surface area contributed by atoms with Gasteiger partial charge >= 0.3 is 0 Å². The Morgan fingerprint density at radius 2 is 1.71 bits per heavy atom. The fourth-order valence-electron chi connectivity index (χ4n) is 5.34. The van der Waals surface area contributed by atoms with Crippen LogP contribution in [0, 0.1) is 25.2 Å². The zero-order valence-corrected chi connectivity index (χ0v) is 26.5. The molecule has 0 aliphatic carbocycles. The molecule has 1 heterocycles. The molecule has 0 bridgehead atoms. The van der Waals surface area contributed by atoms with Crippen LogP contribution in [0.15, 0.2) is 78.0 Å². The summed E-state index contributed by atoms with van der Waals surface area (Å²) < 4.78 is 2.08. The van der Waals surface area contributed by atoms with Gasteiger partial charge in [0.25, 0.3) is 0 Å². The number of hydrogen-bond donors (Lipinski definition) is 1. The highest BCUT2D eigenvalue weighted by atomic mass is 35.5.